The highest BCUT2D eigenvalue weighted by Crippen LogP contribution is 2.26. The number of imide groups is 2. The predicted molar refractivity (Wildman–Crippen MR) is 111 cm³/mol. The Morgan fingerprint density at radius 1 is 0.867 bits per heavy atom. The average Bonchev–Trinajstić information content (AvgIpc) is 2.95. The first kappa shape index (κ1) is 21.2. The van der Waals surface area contributed by atoms with Gasteiger partial charge in [0.15, 0.2) is 0 Å². The topological polar surface area (TPSA) is 78.0 Å². The first-order chi connectivity index (χ1) is 14.3. The van der Waals surface area contributed by atoms with Crippen molar-refractivity contribution in [2.45, 2.75) is 39.4 Å². The Hall–Kier alpha value is -3.48. The molecule has 2 aromatic carbocycles. The monoisotopic (exact) mass is 407 g/mol. The molecular weight excluding hydrogens is 382 g/mol. The molecule has 0 aliphatic carbocycles. The van der Waals surface area contributed by atoms with Crippen molar-refractivity contribution in [2.24, 2.45) is 0 Å². The van der Waals surface area contributed by atoms with Crippen LogP contribution in [0.5, 0.6) is 0 Å². The van der Waals surface area contributed by atoms with Gasteiger partial charge in [-0.2, -0.15) is 0 Å². The van der Waals surface area contributed by atoms with E-state index in [1.165, 1.54) is 0 Å². The quantitative estimate of drug-likeness (QED) is 0.522. The molecule has 1 atom stereocenters. The number of rotatable bonds is 7. The minimum atomic E-state index is -0.973. The SMILES string of the molecule is CC(C)N(Cc1ccccc1)C(=O)CN1C(=O)C(=O)N(C(C)c2ccccc2)C1=O. The van der Waals surface area contributed by atoms with Gasteiger partial charge < -0.3 is 4.90 Å². The van der Waals surface area contributed by atoms with Crippen molar-refractivity contribution < 1.29 is 19.2 Å². The van der Waals surface area contributed by atoms with Crippen molar-refractivity contribution in [3.8, 4) is 0 Å². The Morgan fingerprint density at radius 3 is 2.00 bits per heavy atom. The van der Waals surface area contributed by atoms with Crippen LogP contribution in [0.3, 0.4) is 0 Å². The molecule has 5 amide bonds. The fourth-order valence-electron chi connectivity index (χ4n) is 3.45. The molecule has 0 aromatic heterocycles. The smallest absolute Gasteiger partial charge is 0.334 e. The van der Waals surface area contributed by atoms with Crippen LogP contribution >= 0.6 is 0 Å². The van der Waals surface area contributed by atoms with Crippen molar-refractivity contribution in [1.29, 1.82) is 0 Å². The van der Waals surface area contributed by atoms with Crippen molar-refractivity contribution in [3.05, 3.63) is 71.8 Å². The van der Waals surface area contributed by atoms with E-state index in [0.29, 0.717) is 6.54 Å². The normalized spacial score (nSPS) is 15.1. The Balaban J connectivity index is 1.76. The summed E-state index contributed by atoms with van der Waals surface area (Å²) in [6.45, 7) is 5.30. The lowest BCUT2D eigenvalue weighted by Gasteiger charge is -2.28. The van der Waals surface area contributed by atoms with E-state index < -0.39 is 36.3 Å². The highest BCUT2D eigenvalue weighted by molar-refractivity contribution is 6.45. The third-order valence-corrected chi connectivity index (χ3v) is 5.19. The molecule has 0 spiro atoms. The van der Waals surface area contributed by atoms with E-state index in [4.69, 9.17) is 0 Å². The molecule has 30 heavy (non-hydrogen) atoms. The van der Waals surface area contributed by atoms with Crippen LogP contribution in [0.25, 0.3) is 0 Å². The van der Waals surface area contributed by atoms with Gasteiger partial charge in [0.25, 0.3) is 0 Å². The maximum atomic E-state index is 12.9. The van der Waals surface area contributed by atoms with Gasteiger partial charge in [-0.15, -0.1) is 0 Å². The lowest BCUT2D eigenvalue weighted by molar-refractivity contribution is -0.145. The maximum absolute atomic E-state index is 12.9. The van der Waals surface area contributed by atoms with Gasteiger partial charge in [-0.3, -0.25) is 14.4 Å². The largest absolute Gasteiger partial charge is 0.335 e. The van der Waals surface area contributed by atoms with Crippen molar-refractivity contribution >= 4 is 23.8 Å². The summed E-state index contributed by atoms with van der Waals surface area (Å²) < 4.78 is 0. The minimum Gasteiger partial charge on any atom is -0.334 e. The molecule has 7 heteroatoms. The summed E-state index contributed by atoms with van der Waals surface area (Å²) in [4.78, 5) is 54.0. The lowest BCUT2D eigenvalue weighted by Crippen LogP contribution is -2.45. The number of hydrogen-bond acceptors (Lipinski definition) is 4. The fraction of sp³-hybridized carbons (Fsp3) is 0.304. The molecule has 1 heterocycles. The van der Waals surface area contributed by atoms with Gasteiger partial charge in [0.1, 0.15) is 6.54 Å². The summed E-state index contributed by atoms with van der Waals surface area (Å²) in [5.74, 6) is -2.28. The first-order valence-electron chi connectivity index (χ1n) is 9.88. The molecule has 0 bridgehead atoms. The number of nitrogens with zero attached hydrogens (tertiary/aromatic N) is 3. The van der Waals surface area contributed by atoms with Gasteiger partial charge in [-0.25, -0.2) is 14.6 Å². The zero-order valence-corrected chi connectivity index (χ0v) is 17.3. The minimum absolute atomic E-state index is 0.138. The Bertz CT molecular complexity index is 943. The molecule has 2 aromatic rings. The summed E-state index contributed by atoms with van der Waals surface area (Å²) in [7, 11) is 0. The fourth-order valence-corrected chi connectivity index (χ4v) is 3.45. The predicted octanol–water partition coefficient (Wildman–Crippen LogP) is 2.98. The number of amides is 5. The lowest BCUT2D eigenvalue weighted by atomic mass is 10.1. The van der Waals surface area contributed by atoms with Crippen LogP contribution in [0.1, 0.15) is 37.9 Å². The molecule has 1 unspecified atom stereocenters. The average molecular weight is 407 g/mol. The number of carbonyl (C=O) groups excluding carboxylic acids is 4. The zero-order valence-electron chi connectivity index (χ0n) is 17.3. The first-order valence-corrected chi connectivity index (χ1v) is 9.88. The number of urea groups is 1. The van der Waals surface area contributed by atoms with Gasteiger partial charge >= 0.3 is 17.8 Å². The maximum Gasteiger partial charge on any atom is 0.335 e. The van der Waals surface area contributed by atoms with Gasteiger partial charge in [-0.05, 0) is 31.9 Å². The molecule has 1 aliphatic heterocycles. The van der Waals surface area contributed by atoms with E-state index in [1.807, 2.05) is 50.2 Å². The van der Waals surface area contributed by atoms with Crippen LogP contribution in [0.2, 0.25) is 0 Å². The zero-order chi connectivity index (χ0) is 21.8. The van der Waals surface area contributed by atoms with Crippen LogP contribution in [0.15, 0.2) is 60.7 Å². The number of carbonyl (C=O) groups is 4. The molecule has 156 valence electrons. The number of hydrogen-bond donors (Lipinski definition) is 0. The summed E-state index contributed by atoms with van der Waals surface area (Å²) in [5, 5.41) is 0. The Labute approximate surface area is 175 Å². The van der Waals surface area contributed by atoms with Crippen LogP contribution in [0.4, 0.5) is 4.79 Å². The van der Waals surface area contributed by atoms with Crippen LogP contribution < -0.4 is 0 Å². The van der Waals surface area contributed by atoms with Crippen LogP contribution in [-0.2, 0) is 20.9 Å². The molecule has 0 radical (unpaired) electrons. The highest BCUT2D eigenvalue weighted by atomic mass is 16.2. The molecule has 1 aliphatic rings. The van der Waals surface area contributed by atoms with Crippen LogP contribution in [0, 0.1) is 0 Å². The molecule has 3 rings (SSSR count). The molecule has 7 nitrogen and oxygen atoms in total. The molecule has 1 saturated heterocycles. The van der Waals surface area contributed by atoms with E-state index in [-0.39, 0.29) is 6.04 Å². The van der Waals surface area contributed by atoms with Gasteiger partial charge in [0, 0.05) is 12.6 Å². The second kappa shape index (κ2) is 8.90. The number of benzene rings is 2. The van der Waals surface area contributed by atoms with Crippen LogP contribution in [-0.4, -0.2) is 51.0 Å². The van der Waals surface area contributed by atoms with E-state index in [9.17, 15) is 19.2 Å². The van der Waals surface area contributed by atoms with E-state index in [1.54, 1.807) is 36.1 Å². The third kappa shape index (κ3) is 4.25. The van der Waals surface area contributed by atoms with Gasteiger partial charge in [0.05, 0.1) is 6.04 Å². The van der Waals surface area contributed by atoms with Crippen molar-refractivity contribution in [1.82, 2.24) is 14.7 Å². The summed E-state index contributed by atoms with van der Waals surface area (Å²) in [6, 6.07) is 16.9. The Kier molecular flexibility index (Phi) is 6.30. The summed E-state index contributed by atoms with van der Waals surface area (Å²) >= 11 is 0. The van der Waals surface area contributed by atoms with E-state index in [0.717, 1.165) is 20.9 Å². The molecule has 0 saturated carbocycles. The van der Waals surface area contributed by atoms with Crippen molar-refractivity contribution in [2.75, 3.05) is 6.54 Å². The molecule has 1 fully saturated rings. The third-order valence-electron chi connectivity index (χ3n) is 5.19. The highest BCUT2D eigenvalue weighted by Gasteiger charge is 2.47. The van der Waals surface area contributed by atoms with Crippen molar-refractivity contribution in [3.63, 3.8) is 0 Å². The summed E-state index contributed by atoms with van der Waals surface area (Å²) in [6.07, 6.45) is 0. The Morgan fingerprint density at radius 2 is 1.43 bits per heavy atom. The van der Waals surface area contributed by atoms with Gasteiger partial charge in [-0.1, -0.05) is 60.7 Å². The second-order valence-corrected chi connectivity index (χ2v) is 7.54. The standard InChI is InChI=1S/C23H25N3O4/c1-16(2)24(14-18-10-6-4-7-11-18)20(27)15-25-21(28)22(29)26(23(25)30)17(3)19-12-8-5-9-13-19/h4-13,16-17H,14-15H2,1-3H3. The van der Waals surface area contributed by atoms with E-state index >= 15 is 0 Å². The second-order valence-electron chi connectivity index (χ2n) is 7.54. The summed E-state index contributed by atoms with van der Waals surface area (Å²) in [5.41, 5.74) is 1.67. The molecule has 0 N–H and O–H groups in total. The van der Waals surface area contributed by atoms with Gasteiger partial charge in [0.2, 0.25) is 5.91 Å². The molecular formula is C23H25N3O4. The van der Waals surface area contributed by atoms with E-state index in [2.05, 4.69) is 0 Å².